The maximum absolute atomic E-state index is 14.5. The predicted octanol–water partition coefficient (Wildman–Crippen LogP) is 7.24. The van der Waals surface area contributed by atoms with E-state index in [1.807, 2.05) is 35.7 Å². The van der Waals surface area contributed by atoms with Crippen LogP contribution < -0.4 is 0 Å². The van der Waals surface area contributed by atoms with Crippen LogP contribution in [-0.2, 0) is 38.8 Å². The van der Waals surface area contributed by atoms with Gasteiger partial charge in [0.2, 0.25) is 0 Å². The molecule has 10 nitrogen and oxygen atoms in total. The molecule has 0 aliphatic heterocycles. The topological polar surface area (TPSA) is 159 Å². The van der Waals surface area contributed by atoms with Crippen molar-refractivity contribution >= 4 is 37.6 Å². The summed E-state index contributed by atoms with van der Waals surface area (Å²) in [6, 6.07) is 25.2. The molecular weight excluding hydrogens is 706 g/mol. The van der Waals surface area contributed by atoms with E-state index in [1.165, 1.54) is 35.6 Å². The van der Waals surface area contributed by atoms with Crippen molar-refractivity contribution in [2.24, 2.45) is 0 Å². The molecule has 6 rings (SSSR count). The number of hydrogen-bond donors (Lipinski definition) is 4. The zero-order chi connectivity index (χ0) is 35.2. The Bertz CT molecular complexity index is 2130. The highest BCUT2D eigenvalue weighted by atomic mass is 32.1. The molecule has 49 heavy (non-hydrogen) atoms. The molecule has 0 spiro atoms. The van der Waals surface area contributed by atoms with Crippen LogP contribution in [0, 0.1) is 0 Å². The van der Waals surface area contributed by atoms with Crippen LogP contribution in [0.1, 0.15) is 27.3 Å². The molecule has 2 heterocycles. The summed E-state index contributed by atoms with van der Waals surface area (Å²) >= 11 is 1.27. The molecule has 0 saturated heterocycles. The molecule has 0 amide bonds. The van der Waals surface area contributed by atoms with Gasteiger partial charge in [0, 0.05) is 34.9 Å². The Balaban J connectivity index is 1.54. The molecule has 0 bridgehead atoms. The average molecular weight is 733 g/mol. The van der Waals surface area contributed by atoms with E-state index < -0.39 is 43.2 Å². The van der Waals surface area contributed by atoms with Crippen LogP contribution in [0.2, 0.25) is 0 Å². The number of thiazole rings is 1. The normalized spacial score (nSPS) is 13.2. The number of nitrogens with zero attached hydrogens (tertiary/aromatic N) is 4. The van der Waals surface area contributed by atoms with Gasteiger partial charge in [-0.2, -0.15) is 17.6 Å². The molecule has 0 unspecified atom stereocenters. The summed E-state index contributed by atoms with van der Waals surface area (Å²) < 4.78 is 82.8. The van der Waals surface area contributed by atoms with E-state index in [2.05, 4.69) is 10.3 Å². The highest BCUT2D eigenvalue weighted by Gasteiger charge is 2.51. The van der Waals surface area contributed by atoms with E-state index in [9.17, 15) is 46.3 Å². The highest BCUT2D eigenvalue weighted by Crippen LogP contribution is 2.60. The SMILES string of the molecule is O=P(O)(O)C(F)(F)c1ccc(CC(Cc2ccc(C(F)(F)P(=O)(O)O)cc2)(c2nc(-c3ccccc3)cs2)n2nnc3ccccc32)cc1. The third kappa shape index (κ3) is 6.51. The van der Waals surface area contributed by atoms with Crippen molar-refractivity contribution in [1.82, 2.24) is 20.0 Å². The molecule has 0 atom stereocenters. The zero-order valence-electron chi connectivity index (χ0n) is 25.0. The summed E-state index contributed by atoms with van der Waals surface area (Å²) in [5.74, 6) is 0. The minimum absolute atomic E-state index is 0.00422. The number of halogens is 4. The maximum atomic E-state index is 14.5. The van der Waals surface area contributed by atoms with Crippen LogP contribution in [0.5, 0.6) is 0 Å². The Labute approximate surface area is 280 Å². The van der Waals surface area contributed by atoms with Gasteiger partial charge in [0.1, 0.15) is 16.1 Å². The van der Waals surface area contributed by atoms with E-state index in [-0.39, 0.29) is 12.8 Å². The molecule has 4 aromatic carbocycles. The third-order valence-corrected chi connectivity index (χ3v) is 11.1. The Morgan fingerprint density at radius 1 is 0.673 bits per heavy atom. The fraction of sp³-hybridized carbons (Fsp3) is 0.156. The van der Waals surface area contributed by atoms with Gasteiger partial charge in [-0.1, -0.05) is 96.2 Å². The van der Waals surface area contributed by atoms with Gasteiger partial charge in [0.15, 0.2) is 0 Å². The fourth-order valence-corrected chi connectivity index (χ4v) is 7.51. The second-order valence-electron chi connectivity index (χ2n) is 11.3. The number of para-hydroxylation sites is 1. The van der Waals surface area contributed by atoms with E-state index in [1.54, 1.807) is 28.9 Å². The summed E-state index contributed by atoms with van der Waals surface area (Å²) in [5, 5.41) is 11.1. The molecule has 2 aromatic heterocycles. The van der Waals surface area contributed by atoms with Crippen LogP contribution in [0.4, 0.5) is 17.6 Å². The highest BCUT2D eigenvalue weighted by molar-refractivity contribution is 7.52. The minimum Gasteiger partial charge on any atom is -0.320 e. The minimum atomic E-state index is -5.83. The Hall–Kier alpha value is -4.07. The number of hydrogen-bond acceptors (Lipinski definition) is 6. The lowest BCUT2D eigenvalue weighted by atomic mass is 9.84. The van der Waals surface area contributed by atoms with Crippen LogP contribution >= 0.6 is 26.5 Å². The quantitative estimate of drug-likeness (QED) is 0.0796. The summed E-state index contributed by atoms with van der Waals surface area (Å²) in [4.78, 5) is 42.0. The first-order valence-electron chi connectivity index (χ1n) is 14.4. The van der Waals surface area contributed by atoms with Gasteiger partial charge in [0.25, 0.3) is 0 Å². The Morgan fingerprint density at radius 2 is 1.16 bits per heavy atom. The molecule has 4 N–H and O–H groups in total. The summed E-state index contributed by atoms with van der Waals surface area (Å²) in [6.45, 7) is 0. The predicted molar refractivity (Wildman–Crippen MR) is 174 cm³/mol. The standard InChI is InChI=1S/C32H26F4N4O6P2S/c33-31(34,47(41,42)43)24-14-10-21(11-15-24)18-30(40-28-9-5-4-8-26(28)38-39-40,29-37-27(20-49-29)23-6-2-1-3-7-23)19-22-12-16-25(17-13-22)32(35,36)48(44,45)46/h1-17,20H,18-19H2,(H2,41,42,43)(H2,44,45,46). The number of aromatic nitrogens is 4. The van der Waals surface area contributed by atoms with E-state index in [0.29, 0.717) is 32.9 Å². The molecule has 0 saturated carbocycles. The van der Waals surface area contributed by atoms with Gasteiger partial charge in [-0.25, -0.2) is 9.67 Å². The van der Waals surface area contributed by atoms with Crippen molar-refractivity contribution in [3.05, 3.63) is 136 Å². The molecule has 0 radical (unpaired) electrons. The van der Waals surface area contributed by atoms with Gasteiger partial charge in [-0.05, 0) is 23.3 Å². The lowest BCUT2D eigenvalue weighted by Gasteiger charge is -2.33. The van der Waals surface area contributed by atoms with Crippen LogP contribution in [0.25, 0.3) is 22.3 Å². The average Bonchev–Trinajstić information content (AvgIpc) is 3.73. The Morgan fingerprint density at radius 3 is 1.67 bits per heavy atom. The number of benzene rings is 4. The molecular formula is C32H26F4N4O6P2S. The smallest absolute Gasteiger partial charge is 0.320 e. The summed E-state index contributed by atoms with van der Waals surface area (Å²) in [7, 11) is -11.7. The maximum Gasteiger partial charge on any atom is 0.399 e. The lowest BCUT2D eigenvalue weighted by Crippen LogP contribution is -2.40. The van der Waals surface area contributed by atoms with E-state index in [4.69, 9.17) is 4.98 Å². The van der Waals surface area contributed by atoms with Crippen molar-refractivity contribution < 1.29 is 46.3 Å². The van der Waals surface area contributed by atoms with Gasteiger partial charge >= 0.3 is 26.5 Å². The van der Waals surface area contributed by atoms with Crippen molar-refractivity contribution in [3.63, 3.8) is 0 Å². The summed E-state index contributed by atoms with van der Waals surface area (Å²) in [5.41, 5.74) is -8.58. The number of rotatable bonds is 11. The van der Waals surface area contributed by atoms with Crippen molar-refractivity contribution in [2.75, 3.05) is 0 Å². The first-order valence-corrected chi connectivity index (χ1v) is 18.5. The molecule has 0 fully saturated rings. The first kappa shape index (κ1) is 34.8. The Kier molecular flexibility index (Phi) is 9.00. The monoisotopic (exact) mass is 732 g/mol. The molecule has 17 heteroatoms. The number of alkyl halides is 4. The lowest BCUT2D eigenvalue weighted by molar-refractivity contribution is 0.0564. The van der Waals surface area contributed by atoms with Crippen molar-refractivity contribution in [1.29, 1.82) is 0 Å². The molecule has 254 valence electrons. The number of fused-ring (bicyclic) bond motifs is 1. The van der Waals surface area contributed by atoms with Crippen molar-refractivity contribution in [2.45, 2.75) is 29.7 Å². The van der Waals surface area contributed by atoms with Gasteiger partial charge in [-0.15, -0.1) is 16.4 Å². The molecule has 6 aromatic rings. The van der Waals surface area contributed by atoms with Crippen LogP contribution in [-0.4, -0.2) is 39.6 Å². The second kappa shape index (κ2) is 12.7. The van der Waals surface area contributed by atoms with E-state index >= 15 is 0 Å². The van der Waals surface area contributed by atoms with Crippen LogP contribution in [0.3, 0.4) is 0 Å². The van der Waals surface area contributed by atoms with E-state index in [0.717, 1.165) is 29.8 Å². The second-order valence-corrected chi connectivity index (χ2v) is 15.5. The van der Waals surface area contributed by atoms with Gasteiger partial charge in [0.05, 0.1) is 11.2 Å². The first-order chi connectivity index (χ1) is 23.0. The molecule has 0 aliphatic rings. The fourth-order valence-electron chi connectivity index (χ4n) is 5.53. The van der Waals surface area contributed by atoms with Crippen LogP contribution in [0.15, 0.2) is 109 Å². The zero-order valence-corrected chi connectivity index (χ0v) is 27.6. The summed E-state index contributed by atoms with van der Waals surface area (Å²) in [6.07, 6.45) is 0.00844. The largest absolute Gasteiger partial charge is 0.399 e. The van der Waals surface area contributed by atoms with Crippen molar-refractivity contribution in [3.8, 4) is 11.3 Å². The molecule has 0 aliphatic carbocycles. The third-order valence-electron chi connectivity index (χ3n) is 8.06. The van der Waals surface area contributed by atoms with Gasteiger partial charge < -0.3 is 19.6 Å². The van der Waals surface area contributed by atoms with Gasteiger partial charge in [-0.3, -0.25) is 9.13 Å².